The van der Waals surface area contributed by atoms with Gasteiger partial charge in [-0.15, -0.1) is 0 Å². The molecule has 3 rings (SSSR count). The molecule has 0 bridgehead atoms. The van der Waals surface area contributed by atoms with Gasteiger partial charge in [0.2, 0.25) is 5.91 Å². The summed E-state index contributed by atoms with van der Waals surface area (Å²) in [6.45, 7) is -0.268. The fourth-order valence-corrected chi connectivity index (χ4v) is 3.00. The standard InChI is InChI=1S/C19H21F2N3O3/c1-26-12-5-3-4-11(8-12)15-9-16(24-23-15)19(25)22-10-13-14(20)6-7-17(27-2)18(13)21/h3-8,15-16,23-24H,9-10H2,1-2H3,(H,22,25). The number of benzene rings is 2. The van der Waals surface area contributed by atoms with Crippen molar-refractivity contribution in [2.24, 2.45) is 0 Å². The molecule has 0 aliphatic carbocycles. The van der Waals surface area contributed by atoms with Gasteiger partial charge in [0.1, 0.15) is 17.6 Å². The van der Waals surface area contributed by atoms with Gasteiger partial charge in [-0.2, -0.15) is 0 Å². The first-order valence-corrected chi connectivity index (χ1v) is 8.47. The predicted octanol–water partition coefficient (Wildman–Crippen LogP) is 2.21. The number of amides is 1. The third-order valence-electron chi connectivity index (χ3n) is 4.53. The quantitative estimate of drug-likeness (QED) is 0.720. The van der Waals surface area contributed by atoms with E-state index in [1.165, 1.54) is 13.2 Å². The lowest BCUT2D eigenvalue weighted by Gasteiger charge is -2.13. The Labute approximate surface area is 155 Å². The van der Waals surface area contributed by atoms with Crippen LogP contribution in [0.25, 0.3) is 0 Å². The maximum absolute atomic E-state index is 14.2. The van der Waals surface area contributed by atoms with E-state index >= 15 is 0 Å². The molecule has 1 aliphatic heterocycles. The molecule has 0 aromatic heterocycles. The number of hydrogen-bond acceptors (Lipinski definition) is 5. The van der Waals surface area contributed by atoms with E-state index in [9.17, 15) is 13.6 Å². The summed E-state index contributed by atoms with van der Waals surface area (Å²) in [4.78, 5) is 12.4. The van der Waals surface area contributed by atoms with Crippen molar-refractivity contribution in [1.82, 2.24) is 16.2 Å². The van der Waals surface area contributed by atoms with E-state index in [2.05, 4.69) is 16.2 Å². The average Bonchev–Trinajstić information content (AvgIpc) is 3.18. The largest absolute Gasteiger partial charge is 0.497 e. The van der Waals surface area contributed by atoms with Gasteiger partial charge in [0.05, 0.1) is 14.2 Å². The Morgan fingerprint density at radius 2 is 2.00 bits per heavy atom. The van der Waals surface area contributed by atoms with Crippen LogP contribution in [0.15, 0.2) is 36.4 Å². The SMILES string of the molecule is COc1cccc(C2CC(C(=O)NCc3c(F)ccc(OC)c3F)NN2)c1. The monoisotopic (exact) mass is 377 g/mol. The Kier molecular flexibility index (Phi) is 5.88. The smallest absolute Gasteiger partial charge is 0.238 e. The lowest BCUT2D eigenvalue weighted by atomic mass is 10.0. The van der Waals surface area contributed by atoms with Gasteiger partial charge in [0, 0.05) is 18.2 Å². The highest BCUT2D eigenvalue weighted by molar-refractivity contribution is 5.82. The summed E-state index contributed by atoms with van der Waals surface area (Å²) < 4.78 is 38.1. The molecule has 0 spiro atoms. The predicted molar refractivity (Wildman–Crippen MR) is 95.2 cm³/mol. The summed E-state index contributed by atoms with van der Waals surface area (Å²) in [6.07, 6.45) is 0.488. The minimum absolute atomic E-state index is 0.0700. The van der Waals surface area contributed by atoms with Gasteiger partial charge in [-0.25, -0.2) is 19.6 Å². The molecule has 2 aromatic rings. The Morgan fingerprint density at radius 3 is 2.74 bits per heavy atom. The maximum atomic E-state index is 14.2. The van der Waals surface area contributed by atoms with Crippen molar-refractivity contribution in [3.05, 3.63) is 59.2 Å². The highest BCUT2D eigenvalue weighted by Crippen LogP contribution is 2.26. The van der Waals surface area contributed by atoms with Crippen molar-refractivity contribution in [2.45, 2.75) is 25.0 Å². The highest BCUT2D eigenvalue weighted by Gasteiger charge is 2.30. The molecule has 1 aliphatic rings. The number of carbonyl (C=O) groups is 1. The van der Waals surface area contributed by atoms with Crippen LogP contribution in [-0.4, -0.2) is 26.2 Å². The molecule has 0 saturated carbocycles. The molecule has 0 radical (unpaired) electrons. The van der Waals surface area contributed by atoms with E-state index in [0.717, 1.165) is 17.4 Å². The van der Waals surface area contributed by atoms with Gasteiger partial charge in [0.15, 0.2) is 11.6 Å². The first-order chi connectivity index (χ1) is 13.0. The number of halogens is 2. The molecule has 8 heteroatoms. The minimum atomic E-state index is -0.815. The Hall–Kier alpha value is -2.71. The summed E-state index contributed by atoms with van der Waals surface area (Å²) in [6, 6.07) is 9.24. The fraction of sp³-hybridized carbons (Fsp3) is 0.316. The zero-order valence-corrected chi connectivity index (χ0v) is 15.0. The van der Waals surface area contributed by atoms with E-state index in [0.29, 0.717) is 6.42 Å². The minimum Gasteiger partial charge on any atom is -0.497 e. The molecule has 144 valence electrons. The number of methoxy groups -OCH3 is 2. The van der Waals surface area contributed by atoms with Crippen molar-refractivity contribution in [3.63, 3.8) is 0 Å². The second kappa shape index (κ2) is 8.32. The first-order valence-electron chi connectivity index (χ1n) is 8.47. The fourth-order valence-electron chi connectivity index (χ4n) is 3.00. The average molecular weight is 377 g/mol. The molecule has 6 nitrogen and oxygen atoms in total. The van der Waals surface area contributed by atoms with Crippen molar-refractivity contribution >= 4 is 5.91 Å². The van der Waals surface area contributed by atoms with E-state index in [4.69, 9.17) is 9.47 Å². The van der Waals surface area contributed by atoms with E-state index in [1.54, 1.807) is 7.11 Å². The number of nitrogens with one attached hydrogen (secondary N) is 3. The zero-order valence-electron chi connectivity index (χ0n) is 15.0. The Bertz CT molecular complexity index is 832. The Balaban J connectivity index is 1.61. The summed E-state index contributed by atoms with van der Waals surface area (Å²) in [5.41, 5.74) is 6.71. The van der Waals surface area contributed by atoms with Gasteiger partial charge >= 0.3 is 0 Å². The molecule has 2 unspecified atom stereocenters. The lowest BCUT2D eigenvalue weighted by Crippen LogP contribution is -2.43. The van der Waals surface area contributed by atoms with Crippen LogP contribution in [0.4, 0.5) is 8.78 Å². The van der Waals surface area contributed by atoms with Crippen molar-refractivity contribution in [2.75, 3.05) is 14.2 Å². The molecule has 1 saturated heterocycles. The molecule has 27 heavy (non-hydrogen) atoms. The molecular formula is C19H21F2N3O3. The molecule has 1 amide bonds. The summed E-state index contributed by atoms with van der Waals surface area (Å²) >= 11 is 0. The topological polar surface area (TPSA) is 71.6 Å². The molecule has 3 N–H and O–H groups in total. The van der Waals surface area contributed by atoms with Crippen LogP contribution in [0, 0.1) is 11.6 Å². The summed E-state index contributed by atoms with van der Waals surface area (Å²) in [5, 5.41) is 2.57. The van der Waals surface area contributed by atoms with E-state index in [1.807, 2.05) is 24.3 Å². The van der Waals surface area contributed by atoms with Crippen molar-refractivity contribution in [1.29, 1.82) is 0 Å². The van der Waals surface area contributed by atoms with Crippen LogP contribution in [0.5, 0.6) is 11.5 Å². The van der Waals surface area contributed by atoms with Crippen LogP contribution in [-0.2, 0) is 11.3 Å². The lowest BCUT2D eigenvalue weighted by molar-refractivity contribution is -0.123. The number of rotatable bonds is 6. The van der Waals surface area contributed by atoms with Gasteiger partial charge < -0.3 is 14.8 Å². The van der Waals surface area contributed by atoms with Gasteiger partial charge in [0.25, 0.3) is 0 Å². The molecule has 1 heterocycles. The zero-order chi connectivity index (χ0) is 19.4. The van der Waals surface area contributed by atoms with Gasteiger partial charge in [-0.1, -0.05) is 12.1 Å². The summed E-state index contributed by atoms with van der Waals surface area (Å²) in [5.74, 6) is -1.25. The molecule has 2 atom stereocenters. The molecule has 2 aromatic carbocycles. The third kappa shape index (κ3) is 4.17. The van der Waals surface area contributed by atoms with Crippen LogP contribution < -0.4 is 25.6 Å². The van der Waals surface area contributed by atoms with E-state index in [-0.39, 0.29) is 29.8 Å². The maximum Gasteiger partial charge on any atom is 0.238 e. The highest BCUT2D eigenvalue weighted by atomic mass is 19.1. The van der Waals surface area contributed by atoms with Crippen molar-refractivity contribution in [3.8, 4) is 11.5 Å². The first kappa shape index (κ1) is 19.1. The number of hydrazine groups is 1. The van der Waals surface area contributed by atoms with Crippen LogP contribution in [0.1, 0.15) is 23.6 Å². The van der Waals surface area contributed by atoms with Gasteiger partial charge in [-0.3, -0.25) is 4.79 Å². The third-order valence-corrected chi connectivity index (χ3v) is 4.53. The van der Waals surface area contributed by atoms with Crippen LogP contribution >= 0.6 is 0 Å². The Morgan fingerprint density at radius 1 is 1.19 bits per heavy atom. The normalized spacial score (nSPS) is 19.0. The second-order valence-electron chi connectivity index (χ2n) is 6.17. The van der Waals surface area contributed by atoms with Gasteiger partial charge in [-0.05, 0) is 36.2 Å². The van der Waals surface area contributed by atoms with Crippen LogP contribution in [0.2, 0.25) is 0 Å². The molecule has 1 fully saturated rings. The van der Waals surface area contributed by atoms with E-state index < -0.39 is 17.7 Å². The molecular weight excluding hydrogens is 356 g/mol. The van der Waals surface area contributed by atoms with Crippen molar-refractivity contribution < 1.29 is 23.0 Å². The number of ether oxygens (including phenoxy) is 2. The number of hydrogen-bond donors (Lipinski definition) is 3. The number of carbonyl (C=O) groups excluding carboxylic acids is 1. The van der Waals surface area contributed by atoms with Crippen LogP contribution in [0.3, 0.4) is 0 Å². The second-order valence-corrected chi connectivity index (χ2v) is 6.17. The summed E-state index contributed by atoms with van der Waals surface area (Å²) in [7, 11) is 2.89.